The van der Waals surface area contributed by atoms with Crippen molar-refractivity contribution in [1.29, 1.82) is 0 Å². The van der Waals surface area contributed by atoms with Crippen LogP contribution < -0.4 is 5.73 Å². The van der Waals surface area contributed by atoms with Crippen LogP contribution in [0.2, 0.25) is 0 Å². The maximum absolute atomic E-state index is 12.6. The van der Waals surface area contributed by atoms with Crippen molar-refractivity contribution >= 4 is 41.8 Å². The number of imidazole rings is 1. The first-order valence-electron chi connectivity index (χ1n) is 8.55. The van der Waals surface area contributed by atoms with Gasteiger partial charge in [-0.3, -0.25) is 4.79 Å². The van der Waals surface area contributed by atoms with Gasteiger partial charge in [-0.2, -0.15) is 0 Å². The van der Waals surface area contributed by atoms with Gasteiger partial charge in [0.25, 0.3) is 0 Å². The number of nitrogens with two attached hydrogens (primary N) is 1. The summed E-state index contributed by atoms with van der Waals surface area (Å²) in [6.45, 7) is 4.89. The third kappa shape index (κ3) is 4.87. The zero-order valence-corrected chi connectivity index (χ0v) is 16.5. The summed E-state index contributed by atoms with van der Waals surface area (Å²) in [6.07, 6.45) is 4.40. The van der Waals surface area contributed by atoms with Crippen molar-refractivity contribution in [2.45, 2.75) is 58.0 Å². The lowest BCUT2D eigenvalue weighted by molar-refractivity contribution is -0.135. The quantitative estimate of drug-likeness (QED) is 0.845. The molecule has 0 aliphatic carbocycles. The smallest absolute Gasteiger partial charge is 0.223 e. The van der Waals surface area contributed by atoms with Crippen LogP contribution in [0.5, 0.6) is 0 Å². The van der Waals surface area contributed by atoms with Crippen LogP contribution in [0.15, 0.2) is 18.2 Å². The Hall–Kier alpha value is -1.30. The lowest BCUT2D eigenvalue weighted by Crippen LogP contribution is -2.51. The highest BCUT2D eigenvalue weighted by molar-refractivity contribution is 5.85. The number of nitrogens with zero attached hydrogens (tertiary/aromatic N) is 2. The maximum atomic E-state index is 12.6. The molecular formula is C18H28Cl2N4O. The van der Waals surface area contributed by atoms with E-state index < -0.39 is 0 Å². The number of hydrogen-bond acceptors (Lipinski definition) is 3. The standard InChI is InChI=1S/C18H26N4O.2ClH/c1-12-6-5-7-14-18(12)21-16(20-14)9-10-17(23)22-11-4-3-8-15(22)13(2)19;;/h5-7,13,15H,3-4,8-11,19H2,1-2H3,(H,20,21);2*1H. The van der Waals surface area contributed by atoms with E-state index >= 15 is 0 Å². The van der Waals surface area contributed by atoms with Gasteiger partial charge in [0.15, 0.2) is 0 Å². The monoisotopic (exact) mass is 386 g/mol. The minimum atomic E-state index is 0. The van der Waals surface area contributed by atoms with Gasteiger partial charge in [-0.1, -0.05) is 12.1 Å². The predicted octanol–water partition coefficient (Wildman–Crippen LogP) is 3.38. The molecule has 2 heterocycles. The molecule has 1 fully saturated rings. The fourth-order valence-corrected chi connectivity index (χ4v) is 3.53. The van der Waals surface area contributed by atoms with E-state index in [-0.39, 0.29) is 42.8 Å². The number of hydrogen-bond donors (Lipinski definition) is 2. The van der Waals surface area contributed by atoms with E-state index in [0.29, 0.717) is 12.8 Å². The maximum Gasteiger partial charge on any atom is 0.223 e. The molecule has 3 N–H and O–H groups in total. The van der Waals surface area contributed by atoms with Gasteiger partial charge >= 0.3 is 0 Å². The molecule has 0 saturated carbocycles. The number of likely N-dealkylation sites (tertiary alicyclic amines) is 1. The largest absolute Gasteiger partial charge is 0.342 e. The summed E-state index contributed by atoms with van der Waals surface area (Å²) >= 11 is 0. The SMILES string of the molecule is Cc1cccc2[nH]c(CCC(=O)N3CCCCC3C(C)N)nc12.Cl.Cl. The normalized spacial score (nSPS) is 18.4. The molecule has 1 amide bonds. The van der Waals surface area contributed by atoms with Crippen LogP contribution in [0.3, 0.4) is 0 Å². The third-order valence-corrected chi connectivity index (χ3v) is 4.82. The fraction of sp³-hybridized carbons (Fsp3) is 0.556. The first-order valence-corrected chi connectivity index (χ1v) is 8.55. The van der Waals surface area contributed by atoms with Gasteiger partial charge < -0.3 is 15.6 Å². The van der Waals surface area contributed by atoms with E-state index in [0.717, 1.165) is 41.8 Å². The van der Waals surface area contributed by atoms with Crippen LogP contribution in [0.4, 0.5) is 0 Å². The second-order valence-electron chi connectivity index (χ2n) is 6.66. The summed E-state index contributed by atoms with van der Waals surface area (Å²) in [7, 11) is 0. The zero-order chi connectivity index (χ0) is 16.4. The Morgan fingerprint density at radius 1 is 1.40 bits per heavy atom. The number of benzene rings is 1. The van der Waals surface area contributed by atoms with E-state index in [4.69, 9.17) is 5.73 Å². The molecule has 2 aromatic rings. The van der Waals surface area contributed by atoms with Crippen LogP contribution >= 0.6 is 24.8 Å². The minimum Gasteiger partial charge on any atom is -0.342 e. The lowest BCUT2D eigenvalue weighted by Gasteiger charge is -2.38. The Morgan fingerprint density at radius 3 is 2.84 bits per heavy atom. The molecule has 1 saturated heterocycles. The highest BCUT2D eigenvalue weighted by Gasteiger charge is 2.28. The van der Waals surface area contributed by atoms with Gasteiger partial charge in [-0.25, -0.2) is 4.98 Å². The Morgan fingerprint density at radius 2 is 2.16 bits per heavy atom. The minimum absolute atomic E-state index is 0. The van der Waals surface area contributed by atoms with Gasteiger partial charge in [0.2, 0.25) is 5.91 Å². The summed E-state index contributed by atoms with van der Waals surface area (Å²) in [5.41, 5.74) is 9.26. The van der Waals surface area contributed by atoms with E-state index in [2.05, 4.69) is 23.0 Å². The van der Waals surface area contributed by atoms with Crippen molar-refractivity contribution in [2.24, 2.45) is 5.73 Å². The van der Waals surface area contributed by atoms with Gasteiger partial charge in [0.05, 0.1) is 11.0 Å². The summed E-state index contributed by atoms with van der Waals surface area (Å²) in [4.78, 5) is 22.5. The molecule has 0 bridgehead atoms. The van der Waals surface area contributed by atoms with Gasteiger partial charge in [-0.15, -0.1) is 24.8 Å². The number of H-pyrrole nitrogens is 1. The van der Waals surface area contributed by atoms with Gasteiger partial charge in [-0.05, 0) is 44.7 Å². The molecular weight excluding hydrogens is 359 g/mol. The number of amides is 1. The molecule has 2 unspecified atom stereocenters. The fourth-order valence-electron chi connectivity index (χ4n) is 3.53. The number of para-hydroxylation sites is 1. The molecule has 5 nitrogen and oxygen atoms in total. The van der Waals surface area contributed by atoms with Crippen molar-refractivity contribution in [1.82, 2.24) is 14.9 Å². The number of carbonyl (C=O) groups is 1. The number of aryl methyl sites for hydroxylation is 2. The first kappa shape index (κ1) is 21.7. The van der Waals surface area contributed by atoms with Crippen LogP contribution in [-0.4, -0.2) is 39.4 Å². The number of halogens is 2. The molecule has 0 spiro atoms. The molecule has 1 aliphatic rings. The number of aromatic nitrogens is 2. The van der Waals surface area contributed by atoms with Gasteiger partial charge in [0.1, 0.15) is 5.82 Å². The number of fused-ring (bicyclic) bond motifs is 1. The number of rotatable bonds is 4. The Bertz CT molecular complexity index is 701. The number of nitrogens with one attached hydrogen (secondary N) is 1. The highest BCUT2D eigenvalue weighted by atomic mass is 35.5. The zero-order valence-electron chi connectivity index (χ0n) is 14.8. The second kappa shape index (κ2) is 9.41. The van der Waals surface area contributed by atoms with Crippen LogP contribution in [0.1, 0.15) is 44.0 Å². The molecule has 1 aromatic carbocycles. The van der Waals surface area contributed by atoms with Crippen LogP contribution in [0.25, 0.3) is 11.0 Å². The summed E-state index contributed by atoms with van der Waals surface area (Å²) in [5.74, 6) is 1.08. The molecule has 2 atom stereocenters. The number of carbonyl (C=O) groups excluding carboxylic acids is 1. The molecule has 1 aromatic heterocycles. The molecule has 3 rings (SSSR count). The summed E-state index contributed by atoms with van der Waals surface area (Å²) in [5, 5.41) is 0. The predicted molar refractivity (Wildman–Crippen MR) is 107 cm³/mol. The summed E-state index contributed by atoms with van der Waals surface area (Å²) in [6, 6.07) is 6.32. The Labute approximate surface area is 161 Å². The average Bonchev–Trinajstić information content (AvgIpc) is 2.97. The molecule has 25 heavy (non-hydrogen) atoms. The molecule has 0 radical (unpaired) electrons. The number of piperidine rings is 1. The molecule has 7 heteroatoms. The Balaban J connectivity index is 0.00000156. The average molecular weight is 387 g/mol. The van der Waals surface area contributed by atoms with Crippen molar-refractivity contribution in [3.05, 3.63) is 29.6 Å². The first-order chi connectivity index (χ1) is 11.1. The summed E-state index contributed by atoms with van der Waals surface area (Å²) < 4.78 is 0. The van der Waals surface area contributed by atoms with Crippen molar-refractivity contribution < 1.29 is 4.79 Å². The van der Waals surface area contributed by atoms with Crippen LogP contribution in [0, 0.1) is 6.92 Å². The van der Waals surface area contributed by atoms with Crippen molar-refractivity contribution in [3.63, 3.8) is 0 Å². The van der Waals surface area contributed by atoms with E-state index in [9.17, 15) is 4.79 Å². The number of aromatic amines is 1. The molecule has 1 aliphatic heterocycles. The van der Waals surface area contributed by atoms with Gasteiger partial charge in [0, 0.05) is 31.5 Å². The third-order valence-electron chi connectivity index (χ3n) is 4.82. The van der Waals surface area contributed by atoms with E-state index in [1.807, 2.05) is 24.0 Å². The van der Waals surface area contributed by atoms with E-state index in [1.165, 1.54) is 6.42 Å². The molecule has 140 valence electrons. The van der Waals surface area contributed by atoms with Crippen molar-refractivity contribution in [2.75, 3.05) is 6.54 Å². The van der Waals surface area contributed by atoms with Crippen LogP contribution in [-0.2, 0) is 11.2 Å². The topological polar surface area (TPSA) is 75.0 Å². The van der Waals surface area contributed by atoms with Crippen molar-refractivity contribution in [3.8, 4) is 0 Å². The Kier molecular flexibility index (Phi) is 8.19. The second-order valence-corrected chi connectivity index (χ2v) is 6.66. The van der Waals surface area contributed by atoms with E-state index in [1.54, 1.807) is 0 Å². The lowest BCUT2D eigenvalue weighted by atomic mass is 9.96. The highest BCUT2D eigenvalue weighted by Crippen LogP contribution is 2.21.